The van der Waals surface area contributed by atoms with Gasteiger partial charge in [-0.3, -0.25) is 0 Å². The van der Waals surface area contributed by atoms with E-state index in [4.69, 9.17) is 15.4 Å². The number of hydrogen-bond acceptors (Lipinski definition) is 4. The van der Waals surface area contributed by atoms with Crippen LogP contribution in [0.4, 0.5) is 4.79 Å². The van der Waals surface area contributed by atoms with Crippen molar-refractivity contribution in [1.82, 2.24) is 9.21 Å². The Morgan fingerprint density at radius 1 is 1.33 bits per heavy atom. The number of rotatable bonds is 2. The van der Waals surface area contributed by atoms with Gasteiger partial charge >= 0.3 is 6.09 Å². The predicted molar refractivity (Wildman–Crippen MR) is 54.9 cm³/mol. The van der Waals surface area contributed by atoms with Crippen LogP contribution in [0.2, 0.25) is 0 Å². The van der Waals surface area contributed by atoms with E-state index in [1.165, 1.54) is 4.90 Å². The maximum absolute atomic E-state index is 11.3. The third-order valence-corrected chi connectivity index (χ3v) is 3.64. The number of piperazine rings is 1. The second-order valence-electron chi connectivity index (χ2n) is 3.03. The minimum absolute atomic E-state index is 0.213. The van der Waals surface area contributed by atoms with Gasteiger partial charge in [-0.05, 0) is 6.92 Å². The molecule has 1 saturated heterocycles. The fraction of sp³-hybridized carbons (Fsp3) is 0.857. The molecule has 0 unspecified atom stereocenters. The molecule has 0 spiro atoms. The third kappa shape index (κ3) is 3.51. The molecule has 0 N–H and O–H groups in total. The quantitative estimate of drug-likeness (QED) is 0.664. The zero-order chi connectivity index (χ0) is 11.5. The molecule has 0 aromatic rings. The van der Waals surface area contributed by atoms with Gasteiger partial charge in [0.1, 0.15) is 0 Å². The lowest BCUT2D eigenvalue weighted by atomic mass is 10.4. The van der Waals surface area contributed by atoms with Gasteiger partial charge in [-0.2, -0.15) is 12.7 Å². The summed E-state index contributed by atoms with van der Waals surface area (Å²) in [5.41, 5.74) is 0. The van der Waals surface area contributed by atoms with E-state index in [-0.39, 0.29) is 13.1 Å². The summed E-state index contributed by atoms with van der Waals surface area (Å²) in [5, 5.41) is 0. The van der Waals surface area contributed by atoms with Crippen LogP contribution in [0.3, 0.4) is 0 Å². The maximum Gasteiger partial charge on any atom is 0.409 e. The highest BCUT2D eigenvalue weighted by Crippen LogP contribution is 2.11. The van der Waals surface area contributed by atoms with Crippen molar-refractivity contribution >= 4 is 26.0 Å². The molecule has 1 rings (SSSR count). The number of carbonyl (C=O) groups excluding carboxylic acids is 1. The second-order valence-corrected chi connectivity index (χ2v) is 5.54. The van der Waals surface area contributed by atoms with Gasteiger partial charge in [-0.15, -0.1) is 0 Å². The molecule has 0 radical (unpaired) electrons. The average molecular weight is 257 g/mol. The zero-order valence-electron chi connectivity index (χ0n) is 8.35. The van der Waals surface area contributed by atoms with Crippen LogP contribution in [0, 0.1) is 0 Å². The molecule has 0 atom stereocenters. The first-order valence-corrected chi connectivity index (χ1v) is 6.83. The minimum Gasteiger partial charge on any atom is -0.450 e. The van der Waals surface area contributed by atoms with E-state index in [2.05, 4.69) is 0 Å². The molecule has 8 heteroatoms. The molecule has 15 heavy (non-hydrogen) atoms. The minimum atomic E-state index is -3.66. The van der Waals surface area contributed by atoms with Gasteiger partial charge in [-0.25, -0.2) is 4.79 Å². The summed E-state index contributed by atoms with van der Waals surface area (Å²) < 4.78 is 27.8. The van der Waals surface area contributed by atoms with Gasteiger partial charge in [0.15, 0.2) is 0 Å². The highest BCUT2D eigenvalue weighted by Gasteiger charge is 2.27. The molecule has 6 nitrogen and oxygen atoms in total. The van der Waals surface area contributed by atoms with E-state index >= 15 is 0 Å². The van der Waals surface area contributed by atoms with Crippen molar-refractivity contribution in [3.8, 4) is 0 Å². The lowest BCUT2D eigenvalue weighted by Gasteiger charge is -2.31. The Morgan fingerprint density at radius 2 is 1.87 bits per heavy atom. The number of hydrogen-bond donors (Lipinski definition) is 0. The molecule has 0 aliphatic carbocycles. The van der Waals surface area contributed by atoms with Crippen molar-refractivity contribution in [2.24, 2.45) is 0 Å². The summed E-state index contributed by atoms with van der Waals surface area (Å²) in [5.74, 6) is 0. The first-order valence-electron chi connectivity index (χ1n) is 4.56. The Hall–Kier alpha value is -0.530. The van der Waals surface area contributed by atoms with Crippen LogP contribution in [-0.4, -0.2) is 56.5 Å². The van der Waals surface area contributed by atoms with Crippen molar-refractivity contribution in [2.75, 3.05) is 32.8 Å². The van der Waals surface area contributed by atoms with Crippen LogP contribution in [0.5, 0.6) is 0 Å². The van der Waals surface area contributed by atoms with Crippen LogP contribution in [0.15, 0.2) is 0 Å². The first kappa shape index (κ1) is 12.5. The van der Waals surface area contributed by atoms with E-state index < -0.39 is 15.3 Å². The molecule has 1 aliphatic rings. The standard InChI is InChI=1S/C7H13ClN2O4S/c1-2-14-7(11)9-3-5-10(6-4-9)15(8,12)13/h2-6H2,1H3. The zero-order valence-corrected chi connectivity index (χ0v) is 9.92. The van der Waals surface area contributed by atoms with Gasteiger partial charge in [0.25, 0.3) is 9.24 Å². The second kappa shape index (κ2) is 5.00. The fourth-order valence-corrected chi connectivity index (χ4v) is 2.32. The molecule has 1 fully saturated rings. The number of halogens is 1. The van der Waals surface area contributed by atoms with Gasteiger partial charge in [0.2, 0.25) is 0 Å². The summed E-state index contributed by atoms with van der Waals surface area (Å²) >= 11 is 0. The fourth-order valence-electron chi connectivity index (χ4n) is 1.30. The maximum atomic E-state index is 11.3. The van der Waals surface area contributed by atoms with E-state index in [0.29, 0.717) is 19.7 Å². The Kier molecular flexibility index (Phi) is 4.18. The summed E-state index contributed by atoms with van der Waals surface area (Å²) in [6.45, 7) is 3.08. The Labute approximate surface area is 93.3 Å². The van der Waals surface area contributed by atoms with E-state index in [0.717, 1.165) is 4.31 Å². The number of nitrogens with zero attached hydrogens (tertiary/aromatic N) is 2. The summed E-state index contributed by atoms with van der Waals surface area (Å²) in [7, 11) is 1.50. The van der Waals surface area contributed by atoms with E-state index in [1.54, 1.807) is 6.92 Å². The van der Waals surface area contributed by atoms with Crippen molar-refractivity contribution < 1.29 is 17.9 Å². The Balaban J connectivity index is 2.46. The topological polar surface area (TPSA) is 66.9 Å². The normalized spacial score (nSPS) is 18.9. The smallest absolute Gasteiger partial charge is 0.409 e. The summed E-state index contributed by atoms with van der Waals surface area (Å²) in [4.78, 5) is 12.7. The molecule has 1 heterocycles. The molecule has 0 aromatic heterocycles. The Bertz CT molecular complexity index is 324. The van der Waals surface area contributed by atoms with E-state index in [9.17, 15) is 13.2 Å². The highest BCUT2D eigenvalue weighted by molar-refractivity contribution is 8.11. The molecular formula is C7H13ClN2O4S. The molecule has 0 bridgehead atoms. The Morgan fingerprint density at radius 3 is 2.27 bits per heavy atom. The monoisotopic (exact) mass is 256 g/mol. The van der Waals surface area contributed by atoms with E-state index in [1.807, 2.05) is 0 Å². The van der Waals surface area contributed by atoms with Crippen LogP contribution in [-0.2, 0) is 14.0 Å². The molecule has 88 valence electrons. The first-order chi connectivity index (χ1) is 6.95. The molecule has 0 aromatic carbocycles. The van der Waals surface area contributed by atoms with Gasteiger partial charge in [0, 0.05) is 36.9 Å². The van der Waals surface area contributed by atoms with Gasteiger partial charge in [-0.1, -0.05) is 0 Å². The summed E-state index contributed by atoms with van der Waals surface area (Å²) in [6, 6.07) is 0. The van der Waals surface area contributed by atoms with Crippen LogP contribution < -0.4 is 0 Å². The molecule has 1 amide bonds. The van der Waals surface area contributed by atoms with Crippen molar-refractivity contribution in [2.45, 2.75) is 6.92 Å². The van der Waals surface area contributed by atoms with Crippen molar-refractivity contribution in [3.05, 3.63) is 0 Å². The highest BCUT2D eigenvalue weighted by atomic mass is 35.7. The molecular weight excluding hydrogens is 244 g/mol. The predicted octanol–water partition coefficient (Wildman–Crippen LogP) is 0.244. The van der Waals surface area contributed by atoms with Gasteiger partial charge in [0.05, 0.1) is 6.61 Å². The summed E-state index contributed by atoms with van der Waals surface area (Å²) in [6.07, 6.45) is -0.413. The number of carbonyl (C=O) groups is 1. The lowest BCUT2D eigenvalue weighted by molar-refractivity contribution is 0.0937. The van der Waals surface area contributed by atoms with Crippen molar-refractivity contribution in [3.63, 3.8) is 0 Å². The van der Waals surface area contributed by atoms with Crippen LogP contribution in [0.1, 0.15) is 6.92 Å². The number of ether oxygens (including phenoxy) is 1. The van der Waals surface area contributed by atoms with Crippen molar-refractivity contribution in [1.29, 1.82) is 0 Å². The molecule has 0 saturated carbocycles. The largest absolute Gasteiger partial charge is 0.450 e. The average Bonchev–Trinajstić information content (AvgIpc) is 2.17. The number of amides is 1. The molecule has 1 aliphatic heterocycles. The SMILES string of the molecule is CCOC(=O)N1CCN(S(=O)(=O)Cl)CC1. The lowest BCUT2D eigenvalue weighted by Crippen LogP contribution is -2.49. The van der Waals surface area contributed by atoms with Crippen LogP contribution >= 0.6 is 10.7 Å². The third-order valence-electron chi connectivity index (χ3n) is 2.07. The van der Waals surface area contributed by atoms with Gasteiger partial charge < -0.3 is 9.64 Å². The van der Waals surface area contributed by atoms with Crippen LogP contribution in [0.25, 0.3) is 0 Å².